The van der Waals surface area contributed by atoms with Crippen molar-refractivity contribution >= 4 is 27.4 Å². The molecule has 7 heteroatoms. The lowest BCUT2D eigenvalue weighted by Crippen LogP contribution is -2.08. The minimum Gasteiger partial charge on any atom is -0.448 e. The summed E-state index contributed by atoms with van der Waals surface area (Å²) >= 11 is 1.18. The van der Waals surface area contributed by atoms with Crippen molar-refractivity contribution in [1.29, 1.82) is 0 Å². The van der Waals surface area contributed by atoms with Crippen molar-refractivity contribution in [2.45, 2.75) is 20.0 Å². The number of carbonyl (C=O) groups excluding carboxylic acids is 1. The lowest BCUT2D eigenvalue weighted by Gasteiger charge is -2.07. The van der Waals surface area contributed by atoms with Crippen molar-refractivity contribution in [3.05, 3.63) is 70.7 Å². The lowest BCUT2D eigenvalue weighted by atomic mass is 10.1. The van der Waals surface area contributed by atoms with Gasteiger partial charge in [-0.1, -0.05) is 23.8 Å². The Hall–Kier alpha value is -3.06. The van der Waals surface area contributed by atoms with Crippen LogP contribution in [0.25, 0.3) is 21.5 Å². The summed E-state index contributed by atoms with van der Waals surface area (Å²) in [6.45, 7) is 3.64. The quantitative estimate of drug-likeness (QED) is 0.447. The minimum atomic E-state index is -0.723. The molecule has 0 radical (unpaired) electrons. The number of fused-ring (bicyclic) bond motifs is 1. The third-order valence-corrected chi connectivity index (χ3v) is 5.16. The minimum absolute atomic E-state index is 0.200. The third kappa shape index (κ3) is 3.46. The van der Waals surface area contributed by atoms with Crippen LogP contribution in [0, 0.1) is 12.7 Å². The Morgan fingerprint density at radius 1 is 1.19 bits per heavy atom. The van der Waals surface area contributed by atoms with Crippen LogP contribution in [0.4, 0.5) is 4.39 Å². The maximum Gasteiger partial charge on any atom is 0.349 e. The summed E-state index contributed by atoms with van der Waals surface area (Å²) in [4.78, 5) is 12.7. The van der Waals surface area contributed by atoms with Crippen LogP contribution in [-0.4, -0.2) is 16.2 Å². The van der Waals surface area contributed by atoms with Crippen LogP contribution in [-0.2, 0) is 4.74 Å². The summed E-state index contributed by atoms with van der Waals surface area (Å²) in [5, 5.41) is 8.38. The molecule has 2 heterocycles. The number of aromatic nitrogens is 2. The zero-order valence-electron chi connectivity index (χ0n) is 14.6. The Balaban J connectivity index is 1.51. The SMILES string of the molecule is Cc1ccc(-c2nnc([C@@H](C)OC(=O)c3cc4c(F)cccc4s3)o2)cc1. The molecule has 0 saturated heterocycles. The van der Waals surface area contributed by atoms with E-state index < -0.39 is 12.1 Å². The number of esters is 1. The molecule has 1 atom stereocenters. The molecule has 0 fully saturated rings. The molecule has 0 bridgehead atoms. The van der Waals surface area contributed by atoms with Gasteiger partial charge in [-0.25, -0.2) is 9.18 Å². The van der Waals surface area contributed by atoms with Crippen LogP contribution in [0.3, 0.4) is 0 Å². The molecule has 2 aromatic heterocycles. The fraction of sp³-hybridized carbons (Fsp3) is 0.150. The van der Waals surface area contributed by atoms with E-state index in [0.29, 0.717) is 20.9 Å². The van der Waals surface area contributed by atoms with Crippen LogP contribution in [0.2, 0.25) is 0 Å². The molecule has 4 rings (SSSR count). The number of rotatable bonds is 4. The topological polar surface area (TPSA) is 65.2 Å². The smallest absolute Gasteiger partial charge is 0.349 e. The monoisotopic (exact) mass is 382 g/mol. The number of benzene rings is 2. The molecule has 0 amide bonds. The lowest BCUT2D eigenvalue weighted by molar-refractivity contribution is 0.0286. The molecule has 0 spiro atoms. The van der Waals surface area contributed by atoms with Crippen molar-refractivity contribution in [3.8, 4) is 11.5 Å². The van der Waals surface area contributed by atoms with Gasteiger partial charge in [-0.15, -0.1) is 21.5 Å². The van der Waals surface area contributed by atoms with Crippen LogP contribution >= 0.6 is 11.3 Å². The standard InChI is InChI=1S/C20H15FN2O3S/c1-11-6-8-13(9-7-11)19-23-22-18(26-19)12(2)25-20(24)17-10-14-15(21)4-3-5-16(14)27-17/h3-10,12H,1-2H3/t12-/m1/s1. The van der Waals surface area contributed by atoms with Gasteiger partial charge in [-0.2, -0.15) is 0 Å². The zero-order valence-corrected chi connectivity index (χ0v) is 15.4. The molecule has 2 aromatic carbocycles. The second-order valence-corrected chi connectivity index (χ2v) is 7.21. The largest absolute Gasteiger partial charge is 0.448 e. The normalized spacial score (nSPS) is 12.3. The van der Waals surface area contributed by atoms with E-state index in [-0.39, 0.29) is 11.7 Å². The van der Waals surface area contributed by atoms with Crippen molar-refractivity contribution in [2.24, 2.45) is 0 Å². The highest BCUT2D eigenvalue weighted by Gasteiger charge is 2.21. The van der Waals surface area contributed by atoms with E-state index in [2.05, 4.69) is 10.2 Å². The number of carbonyl (C=O) groups is 1. The van der Waals surface area contributed by atoms with Gasteiger partial charge in [0.1, 0.15) is 10.7 Å². The average Bonchev–Trinajstić information content (AvgIpc) is 3.30. The van der Waals surface area contributed by atoms with Gasteiger partial charge in [0.15, 0.2) is 6.10 Å². The molecular weight excluding hydrogens is 367 g/mol. The van der Waals surface area contributed by atoms with Crippen molar-refractivity contribution in [1.82, 2.24) is 10.2 Å². The average molecular weight is 382 g/mol. The zero-order chi connectivity index (χ0) is 19.0. The number of thiophene rings is 1. The molecule has 0 N–H and O–H groups in total. The van der Waals surface area contributed by atoms with Gasteiger partial charge >= 0.3 is 5.97 Å². The third-order valence-electron chi connectivity index (χ3n) is 4.08. The summed E-state index contributed by atoms with van der Waals surface area (Å²) in [6, 6.07) is 13.9. The van der Waals surface area contributed by atoms with Gasteiger partial charge in [0, 0.05) is 15.6 Å². The highest BCUT2D eigenvalue weighted by atomic mass is 32.1. The Kier molecular flexibility index (Phi) is 4.45. The predicted octanol–water partition coefficient (Wildman–Crippen LogP) is 5.32. The van der Waals surface area contributed by atoms with Gasteiger partial charge in [0.25, 0.3) is 5.89 Å². The summed E-state index contributed by atoms with van der Waals surface area (Å²) in [6.07, 6.45) is -0.723. The first-order valence-corrected chi connectivity index (χ1v) is 9.12. The Bertz CT molecular complexity index is 1120. The highest BCUT2D eigenvalue weighted by Crippen LogP contribution is 2.30. The maximum atomic E-state index is 13.8. The maximum absolute atomic E-state index is 13.8. The Labute approximate surface area is 158 Å². The van der Waals surface area contributed by atoms with Crippen LogP contribution in [0.5, 0.6) is 0 Å². The Morgan fingerprint density at radius 3 is 2.70 bits per heavy atom. The van der Waals surface area contributed by atoms with E-state index in [1.54, 1.807) is 19.1 Å². The number of ether oxygens (including phenoxy) is 1. The number of hydrogen-bond donors (Lipinski definition) is 0. The van der Waals surface area contributed by atoms with E-state index in [0.717, 1.165) is 11.1 Å². The molecule has 5 nitrogen and oxygen atoms in total. The van der Waals surface area contributed by atoms with Crippen LogP contribution in [0.1, 0.15) is 34.2 Å². The molecule has 0 aliphatic carbocycles. The molecule has 0 aliphatic rings. The Morgan fingerprint density at radius 2 is 1.96 bits per heavy atom. The van der Waals surface area contributed by atoms with E-state index in [1.165, 1.54) is 23.5 Å². The summed E-state index contributed by atoms with van der Waals surface area (Å²) in [5.41, 5.74) is 1.92. The molecular formula is C20H15FN2O3S. The molecule has 0 unspecified atom stereocenters. The van der Waals surface area contributed by atoms with E-state index in [4.69, 9.17) is 9.15 Å². The number of aryl methyl sites for hydroxylation is 1. The molecule has 4 aromatic rings. The molecule has 0 aliphatic heterocycles. The first-order chi connectivity index (χ1) is 13.0. The first-order valence-electron chi connectivity index (χ1n) is 8.31. The van der Waals surface area contributed by atoms with E-state index in [1.807, 2.05) is 31.2 Å². The highest BCUT2D eigenvalue weighted by molar-refractivity contribution is 7.20. The van der Waals surface area contributed by atoms with Gasteiger partial charge in [0.05, 0.1) is 0 Å². The van der Waals surface area contributed by atoms with E-state index >= 15 is 0 Å². The van der Waals surface area contributed by atoms with Crippen molar-refractivity contribution in [2.75, 3.05) is 0 Å². The van der Waals surface area contributed by atoms with Crippen LogP contribution in [0.15, 0.2) is 52.9 Å². The van der Waals surface area contributed by atoms with Gasteiger partial charge in [-0.3, -0.25) is 0 Å². The number of hydrogen-bond acceptors (Lipinski definition) is 6. The molecule has 27 heavy (non-hydrogen) atoms. The molecule has 0 saturated carbocycles. The summed E-state index contributed by atoms with van der Waals surface area (Å²) in [5.74, 6) is -0.364. The number of halogens is 1. The van der Waals surface area contributed by atoms with E-state index in [9.17, 15) is 9.18 Å². The predicted molar refractivity (Wildman–Crippen MR) is 100 cm³/mol. The fourth-order valence-corrected chi connectivity index (χ4v) is 3.56. The van der Waals surface area contributed by atoms with Gasteiger partial charge < -0.3 is 9.15 Å². The van der Waals surface area contributed by atoms with Crippen molar-refractivity contribution in [3.63, 3.8) is 0 Å². The summed E-state index contributed by atoms with van der Waals surface area (Å²) < 4.78 is 25.5. The molecule has 136 valence electrons. The van der Waals surface area contributed by atoms with Crippen molar-refractivity contribution < 1.29 is 18.3 Å². The number of nitrogens with zero attached hydrogens (tertiary/aromatic N) is 2. The second-order valence-electron chi connectivity index (χ2n) is 6.12. The summed E-state index contributed by atoms with van der Waals surface area (Å²) in [7, 11) is 0. The van der Waals surface area contributed by atoms with Gasteiger partial charge in [0.2, 0.25) is 5.89 Å². The first kappa shape index (κ1) is 17.4. The fourth-order valence-electron chi connectivity index (χ4n) is 2.61. The van der Waals surface area contributed by atoms with Gasteiger partial charge in [-0.05, 0) is 44.2 Å². The second kappa shape index (κ2) is 6.92. The van der Waals surface area contributed by atoms with Crippen LogP contribution < -0.4 is 0 Å².